The van der Waals surface area contributed by atoms with Crippen LogP contribution < -0.4 is 0 Å². The number of benzene rings is 1. The van der Waals surface area contributed by atoms with Gasteiger partial charge in [0, 0.05) is 25.4 Å². The summed E-state index contributed by atoms with van der Waals surface area (Å²) in [5.74, 6) is 1.04. The van der Waals surface area contributed by atoms with Crippen LogP contribution in [0.2, 0.25) is 0 Å². The van der Waals surface area contributed by atoms with Gasteiger partial charge in [0.1, 0.15) is 0 Å². The van der Waals surface area contributed by atoms with E-state index >= 15 is 0 Å². The summed E-state index contributed by atoms with van der Waals surface area (Å²) >= 11 is 1.83. The second-order valence-corrected chi connectivity index (χ2v) is 6.88. The van der Waals surface area contributed by atoms with Crippen molar-refractivity contribution in [2.45, 2.75) is 32.5 Å². The molecule has 0 fully saturated rings. The summed E-state index contributed by atoms with van der Waals surface area (Å²) in [6.45, 7) is 9.74. The lowest BCUT2D eigenvalue weighted by Crippen LogP contribution is -2.15. The van der Waals surface area contributed by atoms with Crippen molar-refractivity contribution >= 4 is 22.8 Å². The standard InChI is InChI=1S/C17H27N3OS/c1-6-21-9-7-20-16-12-14(3)13(2)11-15(16)18-17(20)22-10-8-19(4)5/h11-12H,6-10H2,1-5H3. The lowest BCUT2D eigenvalue weighted by Gasteiger charge is -2.11. The van der Waals surface area contributed by atoms with E-state index in [1.165, 1.54) is 16.6 Å². The van der Waals surface area contributed by atoms with Crippen molar-refractivity contribution < 1.29 is 4.74 Å². The molecule has 0 aliphatic rings. The molecule has 0 atom stereocenters. The highest BCUT2D eigenvalue weighted by atomic mass is 32.2. The van der Waals surface area contributed by atoms with Gasteiger partial charge in [-0.15, -0.1) is 0 Å². The minimum absolute atomic E-state index is 0.732. The first-order chi connectivity index (χ1) is 10.5. The summed E-state index contributed by atoms with van der Waals surface area (Å²) in [4.78, 5) is 7.04. The maximum absolute atomic E-state index is 5.54. The minimum Gasteiger partial charge on any atom is -0.380 e. The van der Waals surface area contributed by atoms with Gasteiger partial charge in [-0.2, -0.15) is 0 Å². The second kappa shape index (κ2) is 7.99. The van der Waals surface area contributed by atoms with E-state index in [1.807, 2.05) is 18.7 Å². The van der Waals surface area contributed by atoms with E-state index in [-0.39, 0.29) is 0 Å². The number of imidazole rings is 1. The van der Waals surface area contributed by atoms with Crippen LogP contribution >= 0.6 is 11.8 Å². The molecule has 0 spiro atoms. The summed E-state index contributed by atoms with van der Waals surface area (Å²) in [6, 6.07) is 4.44. The zero-order valence-corrected chi connectivity index (χ0v) is 15.2. The highest BCUT2D eigenvalue weighted by molar-refractivity contribution is 7.99. The Morgan fingerprint density at radius 3 is 2.64 bits per heavy atom. The van der Waals surface area contributed by atoms with Gasteiger partial charge in [-0.25, -0.2) is 4.98 Å². The molecule has 0 unspecified atom stereocenters. The van der Waals surface area contributed by atoms with Crippen LogP contribution in [0.5, 0.6) is 0 Å². The molecule has 0 aliphatic carbocycles. The summed E-state index contributed by atoms with van der Waals surface area (Å²) in [5.41, 5.74) is 4.92. The van der Waals surface area contributed by atoms with E-state index in [0.717, 1.165) is 42.7 Å². The van der Waals surface area contributed by atoms with Crippen LogP contribution in [0.4, 0.5) is 0 Å². The van der Waals surface area contributed by atoms with Crippen LogP contribution in [0.15, 0.2) is 17.3 Å². The summed E-state index contributed by atoms with van der Waals surface area (Å²) in [6.07, 6.45) is 0. The third-order valence-electron chi connectivity index (χ3n) is 3.76. The Kier molecular flexibility index (Phi) is 6.29. The summed E-state index contributed by atoms with van der Waals surface area (Å²) < 4.78 is 7.84. The first-order valence-corrected chi connectivity index (χ1v) is 8.84. The first-order valence-electron chi connectivity index (χ1n) is 7.85. The third kappa shape index (κ3) is 4.24. The molecule has 22 heavy (non-hydrogen) atoms. The molecule has 122 valence electrons. The monoisotopic (exact) mass is 321 g/mol. The molecule has 1 aromatic heterocycles. The molecule has 0 amide bonds. The Morgan fingerprint density at radius 1 is 1.23 bits per heavy atom. The van der Waals surface area contributed by atoms with Gasteiger partial charge in [0.05, 0.1) is 17.6 Å². The number of fused-ring (bicyclic) bond motifs is 1. The van der Waals surface area contributed by atoms with Gasteiger partial charge in [-0.1, -0.05) is 11.8 Å². The van der Waals surface area contributed by atoms with Gasteiger partial charge in [0.15, 0.2) is 5.16 Å². The molecular weight excluding hydrogens is 294 g/mol. The van der Waals surface area contributed by atoms with Crippen LogP contribution in [-0.2, 0) is 11.3 Å². The molecule has 0 bridgehead atoms. The van der Waals surface area contributed by atoms with Gasteiger partial charge in [0.25, 0.3) is 0 Å². The van der Waals surface area contributed by atoms with Gasteiger partial charge in [-0.05, 0) is 58.1 Å². The molecule has 0 radical (unpaired) electrons. The molecule has 2 aromatic rings. The molecule has 1 heterocycles. The molecule has 5 heteroatoms. The topological polar surface area (TPSA) is 30.3 Å². The largest absolute Gasteiger partial charge is 0.380 e. The van der Waals surface area contributed by atoms with Crippen molar-refractivity contribution in [2.75, 3.05) is 39.6 Å². The summed E-state index contributed by atoms with van der Waals surface area (Å²) in [7, 11) is 4.21. The number of hydrogen-bond acceptors (Lipinski definition) is 4. The van der Waals surface area contributed by atoms with E-state index < -0.39 is 0 Å². The van der Waals surface area contributed by atoms with Gasteiger partial charge in [0.2, 0.25) is 0 Å². The Labute approximate surface area is 137 Å². The highest BCUT2D eigenvalue weighted by Gasteiger charge is 2.12. The van der Waals surface area contributed by atoms with E-state index in [1.54, 1.807) is 0 Å². The maximum atomic E-state index is 5.54. The molecule has 0 saturated carbocycles. The number of thioether (sulfide) groups is 1. The van der Waals surface area contributed by atoms with Crippen LogP contribution in [0.1, 0.15) is 18.1 Å². The van der Waals surface area contributed by atoms with Crippen molar-refractivity contribution in [3.8, 4) is 0 Å². The van der Waals surface area contributed by atoms with Crippen molar-refractivity contribution in [3.63, 3.8) is 0 Å². The third-order valence-corrected chi connectivity index (χ3v) is 4.72. The Bertz CT molecular complexity index is 622. The van der Waals surface area contributed by atoms with Crippen molar-refractivity contribution in [1.82, 2.24) is 14.5 Å². The van der Waals surface area contributed by atoms with Gasteiger partial charge >= 0.3 is 0 Å². The van der Waals surface area contributed by atoms with Crippen LogP contribution in [0, 0.1) is 13.8 Å². The lowest BCUT2D eigenvalue weighted by atomic mass is 10.1. The number of hydrogen-bond donors (Lipinski definition) is 0. The number of aromatic nitrogens is 2. The highest BCUT2D eigenvalue weighted by Crippen LogP contribution is 2.26. The number of ether oxygens (including phenoxy) is 1. The Hall–Kier alpha value is -1.04. The predicted molar refractivity (Wildman–Crippen MR) is 95.0 cm³/mol. The second-order valence-electron chi connectivity index (χ2n) is 5.82. The van der Waals surface area contributed by atoms with E-state index in [4.69, 9.17) is 9.72 Å². The van der Waals surface area contributed by atoms with E-state index in [9.17, 15) is 0 Å². The van der Waals surface area contributed by atoms with Crippen LogP contribution in [-0.4, -0.2) is 54.1 Å². The Balaban J connectivity index is 2.28. The van der Waals surface area contributed by atoms with E-state index in [0.29, 0.717) is 0 Å². The smallest absolute Gasteiger partial charge is 0.169 e. The zero-order chi connectivity index (χ0) is 16.1. The van der Waals surface area contributed by atoms with Crippen molar-refractivity contribution in [1.29, 1.82) is 0 Å². The van der Waals surface area contributed by atoms with Gasteiger partial charge < -0.3 is 14.2 Å². The molecule has 0 saturated heterocycles. The summed E-state index contributed by atoms with van der Waals surface area (Å²) in [5, 5.41) is 1.10. The first kappa shape index (κ1) is 17.3. The fourth-order valence-electron chi connectivity index (χ4n) is 2.30. The molecule has 1 aromatic carbocycles. The number of nitrogens with zero attached hydrogens (tertiary/aromatic N) is 3. The zero-order valence-electron chi connectivity index (χ0n) is 14.3. The molecule has 0 aliphatic heterocycles. The molecule has 4 nitrogen and oxygen atoms in total. The molecule has 0 N–H and O–H groups in total. The van der Waals surface area contributed by atoms with E-state index in [2.05, 4.69) is 49.5 Å². The van der Waals surface area contributed by atoms with Crippen LogP contribution in [0.25, 0.3) is 11.0 Å². The molecular formula is C17H27N3OS. The quantitative estimate of drug-likeness (QED) is 0.551. The van der Waals surface area contributed by atoms with Crippen LogP contribution in [0.3, 0.4) is 0 Å². The van der Waals surface area contributed by atoms with Gasteiger partial charge in [-0.3, -0.25) is 0 Å². The molecule has 2 rings (SSSR count). The minimum atomic E-state index is 0.732. The number of rotatable bonds is 8. The van der Waals surface area contributed by atoms with Crippen molar-refractivity contribution in [3.05, 3.63) is 23.3 Å². The average molecular weight is 321 g/mol. The van der Waals surface area contributed by atoms with Crippen molar-refractivity contribution in [2.24, 2.45) is 0 Å². The fourth-order valence-corrected chi connectivity index (χ4v) is 3.45. The Morgan fingerprint density at radius 2 is 1.95 bits per heavy atom. The SMILES string of the molecule is CCOCCn1c(SCCN(C)C)nc2cc(C)c(C)cc21. The normalized spacial score (nSPS) is 11.7. The fraction of sp³-hybridized carbons (Fsp3) is 0.588. The number of aryl methyl sites for hydroxylation is 2. The lowest BCUT2D eigenvalue weighted by molar-refractivity contribution is 0.138. The maximum Gasteiger partial charge on any atom is 0.169 e. The predicted octanol–water partition coefficient (Wildman–Crippen LogP) is 3.34. The average Bonchev–Trinajstić information content (AvgIpc) is 2.77.